The first-order chi connectivity index (χ1) is 9.38. The standard InChI is InChI=1S/C14H13NO5/c1-8(16)15-7-14(20-10(3)18)12-6-11(19-9(2)17)4-5-13(12)15/h4-7H,1-3H3. The molecule has 0 saturated carbocycles. The Morgan fingerprint density at radius 2 is 1.65 bits per heavy atom. The Balaban J connectivity index is 2.61. The van der Waals surface area contributed by atoms with Gasteiger partial charge in [0.25, 0.3) is 0 Å². The average molecular weight is 275 g/mol. The van der Waals surface area contributed by atoms with E-state index >= 15 is 0 Å². The fraction of sp³-hybridized carbons (Fsp3) is 0.214. The molecule has 0 fully saturated rings. The van der Waals surface area contributed by atoms with E-state index in [9.17, 15) is 14.4 Å². The molecule has 0 amide bonds. The summed E-state index contributed by atoms with van der Waals surface area (Å²) in [6.07, 6.45) is 1.44. The molecule has 6 nitrogen and oxygen atoms in total. The van der Waals surface area contributed by atoms with Gasteiger partial charge in [0, 0.05) is 26.2 Å². The highest BCUT2D eigenvalue weighted by molar-refractivity contribution is 5.97. The van der Waals surface area contributed by atoms with Crippen LogP contribution in [0, 0.1) is 0 Å². The summed E-state index contributed by atoms with van der Waals surface area (Å²) in [4.78, 5) is 33.6. The number of hydrogen-bond donors (Lipinski definition) is 0. The lowest BCUT2D eigenvalue weighted by atomic mass is 10.2. The van der Waals surface area contributed by atoms with Crippen LogP contribution in [-0.2, 0) is 9.59 Å². The zero-order chi connectivity index (χ0) is 14.9. The third kappa shape index (κ3) is 2.69. The Bertz CT molecular complexity index is 714. The molecule has 2 rings (SSSR count). The SMILES string of the molecule is CC(=O)Oc1ccc2c(c1)c(OC(C)=O)cn2C(C)=O. The Kier molecular flexibility index (Phi) is 3.56. The zero-order valence-corrected chi connectivity index (χ0v) is 11.3. The lowest BCUT2D eigenvalue weighted by Gasteiger charge is -2.03. The molecule has 0 spiro atoms. The summed E-state index contributed by atoms with van der Waals surface area (Å²) in [5.74, 6) is -0.597. The zero-order valence-electron chi connectivity index (χ0n) is 11.3. The molecule has 0 aliphatic heterocycles. The molecule has 104 valence electrons. The summed E-state index contributed by atoms with van der Waals surface area (Å²) in [7, 11) is 0. The molecule has 1 aromatic carbocycles. The van der Waals surface area contributed by atoms with Gasteiger partial charge in [-0.2, -0.15) is 0 Å². The molecule has 0 atom stereocenters. The van der Waals surface area contributed by atoms with E-state index in [1.807, 2.05) is 0 Å². The van der Waals surface area contributed by atoms with Crippen molar-refractivity contribution in [3.05, 3.63) is 24.4 Å². The van der Waals surface area contributed by atoms with Gasteiger partial charge in [-0.15, -0.1) is 0 Å². The van der Waals surface area contributed by atoms with E-state index in [2.05, 4.69) is 0 Å². The second-order valence-electron chi connectivity index (χ2n) is 4.25. The summed E-state index contributed by atoms with van der Waals surface area (Å²) in [6, 6.07) is 4.75. The van der Waals surface area contributed by atoms with Gasteiger partial charge >= 0.3 is 11.9 Å². The average Bonchev–Trinajstić information content (AvgIpc) is 2.66. The number of ether oxygens (including phenoxy) is 2. The van der Waals surface area contributed by atoms with E-state index in [0.717, 1.165) is 0 Å². The Morgan fingerprint density at radius 3 is 2.20 bits per heavy atom. The van der Waals surface area contributed by atoms with Crippen LogP contribution in [0.3, 0.4) is 0 Å². The highest BCUT2D eigenvalue weighted by Crippen LogP contribution is 2.31. The van der Waals surface area contributed by atoms with Gasteiger partial charge in [-0.1, -0.05) is 0 Å². The first-order valence-corrected chi connectivity index (χ1v) is 5.91. The molecule has 0 unspecified atom stereocenters. The van der Waals surface area contributed by atoms with E-state index in [0.29, 0.717) is 16.7 Å². The molecule has 0 aliphatic rings. The number of fused-ring (bicyclic) bond motifs is 1. The van der Waals surface area contributed by atoms with E-state index in [4.69, 9.17) is 9.47 Å². The van der Waals surface area contributed by atoms with Crippen molar-refractivity contribution < 1.29 is 23.9 Å². The molecule has 1 aromatic heterocycles. The number of nitrogens with zero attached hydrogens (tertiary/aromatic N) is 1. The smallest absolute Gasteiger partial charge is 0.308 e. The quantitative estimate of drug-likeness (QED) is 0.620. The van der Waals surface area contributed by atoms with Gasteiger partial charge in [0.15, 0.2) is 5.75 Å². The molecule has 1 heterocycles. The lowest BCUT2D eigenvalue weighted by molar-refractivity contribution is -0.132. The van der Waals surface area contributed by atoms with Crippen molar-refractivity contribution in [1.82, 2.24) is 4.57 Å². The van der Waals surface area contributed by atoms with Crippen LogP contribution in [0.1, 0.15) is 25.6 Å². The number of hydrogen-bond acceptors (Lipinski definition) is 5. The molecule has 0 saturated heterocycles. The van der Waals surface area contributed by atoms with Gasteiger partial charge in [0.1, 0.15) is 5.75 Å². The van der Waals surface area contributed by atoms with E-state index in [1.165, 1.54) is 31.5 Å². The molecular formula is C14H13NO5. The van der Waals surface area contributed by atoms with E-state index < -0.39 is 11.9 Å². The van der Waals surface area contributed by atoms with Crippen LogP contribution in [0.5, 0.6) is 11.5 Å². The van der Waals surface area contributed by atoms with Gasteiger partial charge in [0.2, 0.25) is 5.91 Å². The normalized spacial score (nSPS) is 10.3. The van der Waals surface area contributed by atoms with Crippen LogP contribution in [0.4, 0.5) is 0 Å². The van der Waals surface area contributed by atoms with Crippen molar-refractivity contribution >= 4 is 28.7 Å². The maximum atomic E-state index is 11.6. The van der Waals surface area contributed by atoms with Crippen molar-refractivity contribution in [2.75, 3.05) is 0 Å². The fourth-order valence-corrected chi connectivity index (χ4v) is 1.91. The van der Waals surface area contributed by atoms with Crippen LogP contribution in [0.2, 0.25) is 0 Å². The second-order valence-corrected chi connectivity index (χ2v) is 4.25. The minimum Gasteiger partial charge on any atom is -0.427 e. The van der Waals surface area contributed by atoms with Crippen LogP contribution >= 0.6 is 0 Å². The topological polar surface area (TPSA) is 74.6 Å². The number of aromatic nitrogens is 1. The first kappa shape index (κ1) is 13.8. The summed E-state index contributed by atoms with van der Waals surface area (Å²) < 4.78 is 11.4. The molecule has 0 bridgehead atoms. The van der Waals surface area contributed by atoms with Gasteiger partial charge in [-0.05, 0) is 18.2 Å². The van der Waals surface area contributed by atoms with Crippen LogP contribution < -0.4 is 9.47 Å². The number of rotatable bonds is 2. The summed E-state index contributed by atoms with van der Waals surface area (Å²) in [5, 5.41) is 0.522. The van der Waals surface area contributed by atoms with E-state index in [1.54, 1.807) is 18.2 Å². The van der Waals surface area contributed by atoms with Crippen molar-refractivity contribution in [2.45, 2.75) is 20.8 Å². The Morgan fingerprint density at radius 1 is 1.00 bits per heavy atom. The van der Waals surface area contributed by atoms with Crippen molar-refractivity contribution in [2.24, 2.45) is 0 Å². The number of esters is 2. The summed E-state index contributed by atoms with van der Waals surface area (Å²) >= 11 is 0. The molecule has 0 N–H and O–H groups in total. The van der Waals surface area contributed by atoms with Crippen molar-refractivity contribution in [3.8, 4) is 11.5 Å². The molecule has 20 heavy (non-hydrogen) atoms. The van der Waals surface area contributed by atoms with Crippen molar-refractivity contribution in [1.29, 1.82) is 0 Å². The maximum Gasteiger partial charge on any atom is 0.308 e. The van der Waals surface area contributed by atoms with E-state index in [-0.39, 0.29) is 11.7 Å². The molecular weight excluding hydrogens is 262 g/mol. The third-order valence-corrected chi connectivity index (χ3v) is 2.59. The molecule has 0 radical (unpaired) electrons. The van der Waals surface area contributed by atoms with Gasteiger partial charge in [-0.25, -0.2) is 0 Å². The number of carbonyl (C=O) groups is 3. The van der Waals surface area contributed by atoms with Crippen LogP contribution in [0.15, 0.2) is 24.4 Å². The van der Waals surface area contributed by atoms with Gasteiger partial charge in [-0.3, -0.25) is 19.0 Å². The predicted octanol–water partition coefficient (Wildman–Crippen LogP) is 2.15. The predicted molar refractivity (Wildman–Crippen MR) is 70.9 cm³/mol. The maximum absolute atomic E-state index is 11.6. The minimum atomic E-state index is -0.495. The van der Waals surface area contributed by atoms with Crippen LogP contribution in [-0.4, -0.2) is 22.4 Å². The Hall–Kier alpha value is -2.63. The molecule has 0 aliphatic carbocycles. The molecule has 2 aromatic rings. The summed E-state index contributed by atoms with van der Waals surface area (Å²) in [6.45, 7) is 3.96. The lowest BCUT2D eigenvalue weighted by Crippen LogP contribution is -2.04. The number of benzene rings is 1. The largest absolute Gasteiger partial charge is 0.427 e. The monoisotopic (exact) mass is 275 g/mol. The third-order valence-electron chi connectivity index (χ3n) is 2.59. The first-order valence-electron chi connectivity index (χ1n) is 5.91. The van der Waals surface area contributed by atoms with Crippen LogP contribution in [0.25, 0.3) is 10.9 Å². The van der Waals surface area contributed by atoms with Gasteiger partial charge < -0.3 is 9.47 Å². The fourth-order valence-electron chi connectivity index (χ4n) is 1.91. The molecule has 6 heteroatoms. The Labute approximate surface area is 114 Å². The van der Waals surface area contributed by atoms with Gasteiger partial charge in [0.05, 0.1) is 11.7 Å². The number of carbonyl (C=O) groups excluding carboxylic acids is 3. The highest BCUT2D eigenvalue weighted by Gasteiger charge is 2.15. The second kappa shape index (κ2) is 5.16. The minimum absolute atomic E-state index is 0.214. The summed E-state index contributed by atoms with van der Waals surface area (Å²) in [5.41, 5.74) is 0.574. The van der Waals surface area contributed by atoms with Crippen molar-refractivity contribution in [3.63, 3.8) is 0 Å². The highest BCUT2D eigenvalue weighted by atomic mass is 16.5.